The molecule has 0 bridgehead atoms. The zero-order valence-corrected chi connectivity index (χ0v) is 5.28. The van der Waals surface area contributed by atoms with Gasteiger partial charge >= 0.3 is 0 Å². The Labute approximate surface area is 43.0 Å². The molecule has 0 aromatic rings. The van der Waals surface area contributed by atoms with Gasteiger partial charge in [-0.15, -0.1) is 0 Å². The van der Waals surface area contributed by atoms with Gasteiger partial charge in [-0.25, -0.2) is 0 Å². The van der Waals surface area contributed by atoms with Crippen LogP contribution in [-0.4, -0.2) is 0 Å². The van der Waals surface area contributed by atoms with Gasteiger partial charge in [0, 0.05) is 1.37 Å². The predicted octanol–water partition coefficient (Wildman–Crippen LogP) is 2.83. The van der Waals surface area contributed by atoms with Crippen molar-refractivity contribution in [1.82, 2.24) is 0 Å². The van der Waals surface area contributed by atoms with Gasteiger partial charge in [0.1, 0.15) is 0 Å². The van der Waals surface area contributed by atoms with E-state index in [2.05, 4.69) is 13.8 Å². The second kappa shape index (κ2) is 20.0. The van der Waals surface area contributed by atoms with Crippen molar-refractivity contribution in [2.75, 3.05) is 0 Å². The summed E-state index contributed by atoms with van der Waals surface area (Å²) in [6.45, 7) is 7.92. The fourth-order valence-electron chi connectivity index (χ4n) is 0. The molecule has 0 unspecified atom stereocenters. The van der Waals surface area contributed by atoms with Crippen LogP contribution < -0.4 is 0 Å². The average molecular weight is 89.2 g/mol. The Morgan fingerprint density at radius 1 is 1.17 bits per heavy atom. The second-order valence-electron chi connectivity index (χ2n) is 1.28. The topological polar surface area (TPSA) is 0 Å². The highest BCUT2D eigenvalue weighted by Gasteiger charge is 1.36. The Balaban J connectivity index is 0. The Bertz CT molecular complexity index is 15.4. The highest BCUT2D eigenvalue weighted by atomic mass is 13.4. The Kier molecular flexibility index (Phi) is 20.0. The van der Waals surface area contributed by atoms with Gasteiger partial charge in [0.25, 0.3) is 0 Å². The molecule has 0 heteroatoms. The molecule has 0 atom stereocenters. The molecule has 0 radical (unpaired) electrons. The van der Waals surface area contributed by atoms with Crippen LogP contribution in [0.4, 0.5) is 0 Å². The zero-order valence-electron chi connectivity index (χ0n) is 6.28. The molecule has 0 amide bonds. The first-order valence-corrected chi connectivity index (χ1v) is 2.57. The van der Waals surface area contributed by atoms with E-state index in [0.717, 1.165) is 0 Å². The Hall–Kier alpha value is 0. The van der Waals surface area contributed by atoms with Crippen LogP contribution >= 0.6 is 0 Å². The standard InChI is InChI=1S/2C3H8/c2*1-3-2/h2*3H2,1-2H3/i3D;. The maximum Gasteiger partial charge on any atom is 0.0261 e. The summed E-state index contributed by atoms with van der Waals surface area (Å²) in [5.41, 5.74) is 0. The van der Waals surface area contributed by atoms with E-state index >= 15 is 0 Å². The van der Waals surface area contributed by atoms with E-state index in [1.54, 1.807) is 0 Å². The molecule has 0 aliphatic rings. The SMILES string of the molecule is CCC.[2H]C(C)C. The van der Waals surface area contributed by atoms with E-state index in [1.165, 1.54) is 6.42 Å². The number of hydrogen-bond donors (Lipinski definition) is 0. The summed E-state index contributed by atoms with van der Waals surface area (Å²) in [5, 5.41) is 0. The van der Waals surface area contributed by atoms with Crippen LogP contribution in [0.3, 0.4) is 0 Å². The van der Waals surface area contributed by atoms with Gasteiger partial charge in [-0.3, -0.25) is 0 Å². The summed E-state index contributed by atoms with van der Waals surface area (Å²) in [4.78, 5) is 0. The molecule has 0 spiro atoms. The molecule has 40 valence electrons. The van der Waals surface area contributed by atoms with Gasteiger partial charge in [0.05, 0.1) is 0 Å². The van der Waals surface area contributed by atoms with Crippen LogP contribution in [-0.2, 0) is 0 Å². The first-order chi connectivity index (χ1) is 3.15. The molecule has 0 fully saturated rings. The second-order valence-corrected chi connectivity index (χ2v) is 1.28. The van der Waals surface area contributed by atoms with E-state index in [9.17, 15) is 0 Å². The summed E-state index contributed by atoms with van der Waals surface area (Å²) >= 11 is 0. The third-order valence-electron chi connectivity index (χ3n) is 0. The molecule has 0 saturated carbocycles. The number of hydrogen-bond acceptors (Lipinski definition) is 0. The third kappa shape index (κ3) is 0. The van der Waals surface area contributed by atoms with Crippen molar-refractivity contribution in [3.05, 3.63) is 0 Å². The first-order valence-electron chi connectivity index (χ1n) is 3.15. The van der Waals surface area contributed by atoms with Crippen molar-refractivity contribution >= 4 is 0 Å². The van der Waals surface area contributed by atoms with Crippen molar-refractivity contribution in [1.29, 1.82) is 0 Å². The molecule has 0 N–H and O–H groups in total. The largest absolute Gasteiger partial charge is 0.0656 e. The molecular formula is C6H16. The van der Waals surface area contributed by atoms with E-state index in [-0.39, 0.29) is 6.40 Å². The summed E-state index contributed by atoms with van der Waals surface area (Å²) < 4.78 is 6.58. The summed E-state index contributed by atoms with van der Waals surface area (Å²) in [7, 11) is 0. The van der Waals surface area contributed by atoms with Crippen LogP contribution in [0.15, 0.2) is 0 Å². The first kappa shape index (κ1) is 6.00. The van der Waals surface area contributed by atoms with Crippen molar-refractivity contribution in [3.63, 3.8) is 0 Å². The molecule has 0 saturated heterocycles. The molecule has 0 aliphatic heterocycles. The van der Waals surface area contributed by atoms with Crippen molar-refractivity contribution in [3.8, 4) is 0 Å². The minimum Gasteiger partial charge on any atom is -0.0656 e. The van der Waals surface area contributed by atoms with E-state index in [1.807, 2.05) is 13.8 Å². The highest BCUT2D eigenvalue weighted by molar-refractivity contribution is 3.92. The van der Waals surface area contributed by atoms with Crippen LogP contribution in [0.25, 0.3) is 0 Å². The molecule has 0 aromatic carbocycles. The lowest BCUT2D eigenvalue weighted by atomic mass is 10.6. The van der Waals surface area contributed by atoms with Gasteiger partial charge < -0.3 is 0 Å². The van der Waals surface area contributed by atoms with Crippen molar-refractivity contribution in [2.24, 2.45) is 0 Å². The van der Waals surface area contributed by atoms with E-state index in [0.29, 0.717) is 0 Å². The van der Waals surface area contributed by atoms with Crippen LogP contribution in [0.2, 0.25) is 0 Å². The lowest BCUT2D eigenvalue weighted by Crippen LogP contribution is -1.27. The number of rotatable bonds is 0. The highest BCUT2D eigenvalue weighted by Crippen LogP contribution is 1.56. The fraction of sp³-hybridized carbons (Fsp3) is 1.00. The minimum absolute atomic E-state index is 0.0833. The Morgan fingerprint density at radius 2 is 1.17 bits per heavy atom. The van der Waals surface area contributed by atoms with Crippen LogP contribution in [0, 0.1) is 0 Å². The van der Waals surface area contributed by atoms with Crippen LogP contribution in [0.5, 0.6) is 0 Å². The molecule has 0 rings (SSSR count). The van der Waals surface area contributed by atoms with Crippen molar-refractivity contribution < 1.29 is 1.37 Å². The van der Waals surface area contributed by atoms with Gasteiger partial charge in [0.15, 0.2) is 0 Å². The van der Waals surface area contributed by atoms with Gasteiger partial charge in [0.2, 0.25) is 0 Å². The monoisotopic (exact) mass is 89.1 g/mol. The molecule has 0 aromatic heterocycles. The Morgan fingerprint density at radius 3 is 1.17 bits per heavy atom. The summed E-state index contributed by atoms with van der Waals surface area (Å²) in [5.74, 6) is 0. The predicted molar refractivity (Wildman–Crippen MR) is 31.9 cm³/mol. The average Bonchev–Trinajstić information content (AvgIpc) is 1.33. The summed E-state index contributed by atoms with van der Waals surface area (Å²) in [6, 6.07) is 0. The van der Waals surface area contributed by atoms with Crippen molar-refractivity contribution in [2.45, 2.75) is 40.5 Å². The van der Waals surface area contributed by atoms with Gasteiger partial charge in [-0.1, -0.05) is 40.5 Å². The zero-order chi connectivity index (χ0) is 6.28. The van der Waals surface area contributed by atoms with E-state index in [4.69, 9.17) is 1.37 Å². The van der Waals surface area contributed by atoms with Crippen LogP contribution in [0.1, 0.15) is 41.9 Å². The molecule has 0 aliphatic carbocycles. The quantitative estimate of drug-likeness (QED) is 0.428. The lowest BCUT2D eigenvalue weighted by Gasteiger charge is -1.48. The molecular weight excluding hydrogens is 72.1 g/mol. The normalized spacial score (nSPS) is 9.17. The van der Waals surface area contributed by atoms with Gasteiger partial charge in [-0.2, -0.15) is 0 Å². The summed E-state index contributed by atoms with van der Waals surface area (Å²) in [6.07, 6.45) is 1.33. The third-order valence-corrected chi connectivity index (χ3v) is 0. The lowest BCUT2D eigenvalue weighted by molar-refractivity contribution is 1.09. The smallest absolute Gasteiger partial charge is 0.0261 e. The maximum absolute atomic E-state index is 6.58. The van der Waals surface area contributed by atoms with Gasteiger partial charge in [-0.05, 0) is 0 Å². The van der Waals surface area contributed by atoms with E-state index < -0.39 is 0 Å². The molecule has 0 heterocycles. The minimum atomic E-state index is 0.0833. The maximum atomic E-state index is 6.58. The molecule has 6 heavy (non-hydrogen) atoms. The molecule has 0 nitrogen and oxygen atoms in total. The fourth-order valence-corrected chi connectivity index (χ4v) is 0.